The highest BCUT2D eigenvalue weighted by Crippen LogP contribution is 2.30. The summed E-state index contributed by atoms with van der Waals surface area (Å²) in [5.74, 6) is -4.72. The van der Waals surface area contributed by atoms with Crippen LogP contribution in [0.1, 0.15) is 35.3 Å². The Balaban J connectivity index is 2.21. The van der Waals surface area contributed by atoms with Crippen LogP contribution in [0.5, 0.6) is 0 Å². The molecule has 2 rings (SSSR count). The Hall–Kier alpha value is -3.19. The summed E-state index contributed by atoms with van der Waals surface area (Å²) in [6.07, 6.45) is 0. The molecule has 0 spiro atoms. The van der Waals surface area contributed by atoms with Gasteiger partial charge in [0.25, 0.3) is 5.91 Å². The number of amides is 2. The van der Waals surface area contributed by atoms with E-state index in [1.165, 1.54) is 12.1 Å². The van der Waals surface area contributed by atoms with Crippen LogP contribution in [0.4, 0.5) is 24.5 Å². The number of aliphatic hydroxyl groups excluding tert-OH is 1. The van der Waals surface area contributed by atoms with Crippen LogP contribution in [0, 0.1) is 30.3 Å². The summed E-state index contributed by atoms with van der Waals surface area (Å²) in [5, 5.41) is 13.9. The number of hydroxylamine groups is 2. The number of benzene rings is 2. The van der Waals surface area contributed by atoms with Gasteiger partial charge in [-0.3, -0.25) is 19.3 Å². The number of aliphatic hydroxyl groups is 1. The summed E-state index contributed by atoms with van der Waals surface area (Å²) >= 11 is 0. The van der Waals surface area contributed by atoms with Gasteiger partial charge in [0.1, 0.15) is 5.82 Å². The summed E-state index contributed by atoms with van der Waals surface area (Å²) in [6, 6.07) is 5.14. The lowest BCUT2D eigenvalue weighted by atomic mass is 10.1. The first-order chi connectivity index (χ1) is 16.6. The van der Waals surface area contributed by atoms with Crippen molar-refractivity contribution in [1.82, 2.24) is 16.3 Å². The van der Waals surface area contributed by atoms with Gasteiger partial charge in [-0.15, -0.1) is 0 Å². The van der Waals surface area contributed by atoms with Crippen molar-refractivity contribution < 1.29 is 37.5 Å². The first kappa shape index (κ1) is 28.1. The van der Waals surface area contributed by atoms with E-state index in [-0.39, 0.29) is 61.5 Å². The number of carbonyl (C=O) groups is 2. The van der Waals surface area contributed by atoms with Crippen molar-refractivity contribution in [2.45, 2.75) is 27.3 Å². The second kappa shape index (κ2) is 13.6. The number of hydrogen-bond acceptors (Lipinski definition) is 7. The first-order valence-electron chi connectivity index (χ1n) is 10.8. The smallest absolute Gasteiger partial charge is 0.277 e. The van der Waals surface area contributed by atoms with E-state index in [4.69, 9.17) is 14.8 Å². The van der Waals surface area contributed by atoms with E-state index in [1.54, 1.807) is 26.8 Å². The Labute approximate surface area is 200 Å². The molecule has 0 fully saturated rings. The summed E-state index contributed by atoms with van der Waals surface area (Å²) < 4.78 is 44.1. The van der Waals surface area contributed by atoms with E-state index >= 15 is 4.39 Å². The number of carbonyl (C=O) groups excluding carboxylic acids is 2. The number of hydrogen-bond donors (Lipinski definition) is 5. The molecule has 0 aliphatic carbocycles. The zero-order chi connectivity index (χ0) is 26.0. The molecule has 0 heterocycles. The number of nitrogens with one attached hydrogen (secondary N) is 4. The molecular weight excluding hydrogens is 469 g/mol. The van der Waals surface area contributed by atoms with E-state index in [2.05, 4.69) is 16.1 Å². The molecule has 0 saturated carbocycles. The number of aryl methyl sites for hydroxylation is 1. The Morgan fingerprint density at radius 2 is 1.80 bits per heavy atom. The van der Waals surface area contributed by atoms with Gasteiger partial charge in [0, 0.05) is 24.6 Å². The molecule has 0 radical (unpaired) electrons. The molecule has 2 aromatic carbocycles. The Morgan fingerprint density at radius 1 is 1.06 bits per heavy atom. The average molecular weight is 499 g/mol. The molecule has 0 unspecified atom stereocenters. The Kier molecular flexibility index (Phi) is 10.9. The third-order valence-corrected chi connectivity index (χ3v) is 4.66. The molecule has 2 amide bonds. The fraction of sp³-hybridized carbons (Fsp3) is 0.391. The van der Waals surface area contributed by atoms with Crippen LogP contribution in [-0.2, 0) is 21.0 Å². The van der Waals surface area contributed by atoms with Gasteiger partial charge in [-0.05, 0) is 30.7 Å². The van der Waals surface area contributed by atoms with E-state index < -0.39 is 29.0 Å². The van der Waals surface area contributed by atoms with Crippen molar-refractivity contribution in [3.8, 4) is 0 Å². The van der Waals surface area contributed by atoms with Crippen molar-refractivity contribution in [3.05, 3.63) is 58.4 Å². The SMILES string of the molecule is Cc1ccc(Nc2c(C(=O)NOCCO)cc(CNOCCNC(=O)C(C)C)c(F)c2F)c(F)c1. The molecule has 0 atom stereocenters. The molecule has 192 valence electrons. The normalized spacial score (nSPS) is 11.0. The maximum Gasteiger partial charge on any atom is 0.277 e. The van der Waals surface area contributed by atoms with Crippen molar-refractivity contribution in [1.29, 1.82) is 0 Å². The Bertz CT molecular complexity index is 1040. The van der Waals surface area contributed by atoms with Gasteiger partial charge in [-0.25, -0.2) is 18.7 Å². The van der Waals surface area contributed by atoms with Gasteiger partial charge < -0.3 is 15.7 Å². The minimum absolute atomic E-state index is 0.0528. The largest absolute Gasteiger partial charge is 0.394 e. The van der Waals surface area contributed by atoms with Crippen LogP contribution >= 0.6 is 0 Å². The summed E-state index contributed by atoms with van der Waals surface area (Å²) in [5.41, 5.74) is 3.67. The summed E-state index contributed by atoms with van der Waals surface area (Å²) in [6.45, 7) is 4.44. The number of anilines is 2. The second-order valence-electron chi connectivity index (χ2n) is 7.81. The van der Waals surface area contributed by atoms with Gasteiger partial charge in [-0.2, -0.15) is 5.48 Å². The Morgan fingerprint density at radius 3 is 2.46 bits per heavy atom. The molecule has 9 nitrogen and oxygen atoms in total. The monoisotopic (exact) mass is 498 g/mol. The van der Waals surface area contributed by atoms with Crippen LogP contribution in [0.2, 0.25) is 0 Å². The number of halogens is 3. The quantitative estimate of drug-likeness (QED) is 0.213. The fourth-order valence-electron chi connectivity index (χ4n) is 2.81. The topological polar surface area (TPSA) is 121 Å². The third-order valence-electron chi connectivity index (χ3n) is 4.66. The molecule has 0 aromatic heterocycles. The number of rotatable bonds is 13. The van der Waals surface area contributed by atoms with Gasteiger partial charge >= 0.3 is 0 Å². The average Bonchev–Trinajstić information content (AvgIpc) is 2.81. The predicted octanol–water partition coefficient (Wildman–Crippen LogP) is 2.60. The fourth-order valence-corrected chi connectivity index (χ4v) is 2.81. The van der Waals surface area contributed by atoms with E-state index in [1.807, 2.05) is 5.48 Å². The highest BCUT2D eigenvalue weighted by Gasteiger charge is 2.24. The second-order valence-corrected chi connectivity index (χ2v) is 7.81. The van der Waals surface area contributed by atoms with Gasteiger partial charge in [-0.1, -0.05) is 19.9 Å². The van der Waals surface area contributed by atoms with Crippen LogP contribution in [0.3, 0.4) is 0 Å². The van der Waals surface area contributed by atoms with Crippen LogP contribution in [0.25, 0.3) is 0 Å². The van der Waals surface area contributed by atoms with Gasteiger partial charge in [0.05, 0.1) is 36.8 Å². The van der Waals surface area contributed by atoms with Gasteiger partial charge in [0.2, 0.25) is 5.91 Å². The van der Waals surface area contributed by atoms with E-state index in [9.17, 15) is 18.4 Å². The van der Waals surface area contributed by atoms with Crippen LogP contribution in [-0.4, -0.2) is 43.3 Å². The van der Waals surface area contributed by atoms with Crippen molar-refractivity contribution >= 4 is 23.2 Å². The molecule has 0 bridgehead atoms. The molecule has 35 heavy (non-hydrogen) atoms. The zero-order valence-corrected chi connectivity index (χ0v) is 19.6. The molecule has 5 N–H and O–H groups in total. The molecule has 0 aliphatic heterocycles. The van der Waals surface area contributed by atoms with Crippen LogP contribution in [0.15, 0.2) is 24.3 Å². The summed E-state index contributed by atoms with van der Waals surface area (Å²) in [4.78, 5) is 34.0. The molecule has 0 saturated heterocycles. The molecule has 12 heteroatoms. The molecular formula is C23H29F3N4O5. The maximum atomic E-state index is 15.0. The minimum Gasteiger partial charge on any atom is -0.394 e. The maximum absolute atomic E-state index is 15.0. The lowest BCUT2D eigenvalue weighted by Crippen LogP contribution is -2.32. The van der Waals surface area contributed by atoms with Crippen molar-refractivity contribution in [2.24, 2.45) is 5.92 Å². The molecule has 0 aliphatic rings. The lowest BCUT2D eigenvalue weighted by molar-refractivity contribution is -0.124. The zero-order valence-electron chi connectivity index (χ0n) is 19.6. The standard InChI is InChI=1S/C23H29F3N4O5/c1-13(2)22(32)27-6-8-34-28-12-15-11-16(23(33)30-35-9-7-31)21(20(26)19(15)25)29-18-5-4-14(3)10-17(18)24/h4-5,10-11,13,28-29,31H,6-9,12H2,1-3H3,(H,27,32)(H,30,33). The first-order valence-corrected chi connectivity index (χ1v) is 10.8. The van der Waals surface area contributed by atoms with Gasteiger partial charge in [0.15, 0.2) is 11.6 Å². The van der Waals surface area contributed by atoms with Crippen LogP contribution < -0.4 is 21.6 Å². The lowest BCUT2D eigenvalue weighted by Gasteiger charge is -2.17. The predicted molar refractivity (Wildman–Crippen MR) is 122 cm³/mol. The van der Waals surface area contributed by atoms with E-state index in [0.29, 0.717) is 5.56 Å². The highest BCUT2D eigenvalue weighted by molar-refractivity contribution is 6.00. The highest BCUT2D eigenvalue weighted by atomic mass is 19.2. The van der Waals surface area contributed by atoms with E-state index in [0.717, 1.165) is 6.07 Å². The van der Waals surface area contributed by atoms with Crippen molar-refractivity contribution in [3.63, 3.8) is 0 Å². The summed E-state index contributed by atoms with van der Waals surface area (Å²) in [7, 11) is 0. The minimum atomic E-state index is -1.42. The third kappa shape index (κ3) is 8.21. The van der Waals surface area contributed by atoms with Crippen molar-refractivity contribution in [2.75, 3.05) is 31.7 Å². The molecule has 2 aromatic rings.